The Bertz CT molecular complexity index is 2390. The number of ether oxygens (including phenoxy) is 2. The van der Waals surface area contributed by atoms with Crippen molar-refractivity contribution in [3.8, 4) is 5.69 Å². The molecule has 1 fully saturated rings. The highest BCUT2D eigenvalue weighted by atomic mass is 19.4. The molecule has 3 aromatic carbocycles. The maximum atomic E-state index is 13.2. The molecule has 1 saturated heterocycles. The molecule has 2 aromatic heterocycles. The molecule has 4 heterocycles. The number of amides is 5. The number of hydrogen-bond donors (Lipinski definition) is 4. The molecule has 0 bridgehead atoms. The number of hydrogen-bond acceptors (Lipinski definition) is 9. The number of piperidine rings is 1. The summed E-state index contributed by atoms with van der Waals surface area (Å²) in [7, 11) is 1.75. The first-order valence-corrected chi connectivity index (χ1v) is 19.3. The van der Waals surface area contributed by atoms with Crippen molar-refractivity contribution in [1.29, 1.82) is 0 Å². The number of aromatic nitrogens is 3. The van der Waals surface area contributed by atoms with Gasteiger partial charge in [0.05, 0.1) is 37.5 Å². The number of alkyl halides is 3. The lowest BCUT2D eigenvalue weighted by Gasteiger charge is -2.29. The zero-order chi connectivity index (χ0) is 41.7. The van der Waals surface area contributed by atoms with Crippen LogP contribution >= 0.6 is 0 Å². The summed E-state index contributed by atoms with van der Waals surface area (Å²) in [5.41, 5.74) is 3.50. The Balaban J connectivity index is 0.763. The Morgan fingerprint density at radius 2 is 1.66 bits per heavy atom. The number of halogens is 3. The second-order valence-electron chi connectivity index (χ2n) is 14.2. The second-order valence-corrected chi connectivity index (χ2v) is 14.2. The largest absolute Gasteiger partial charge is 0.416 e. The van der Waals surface area contributed by atoms with Crippen LogP contribution in [0, 0.1) is 0 Å². The highest BCUT2D eigenvalue weighted by Crippen LogP contribution is 2.35. The van der Waals surface area contributed by atoms with Crippen LogP contribution in [-0.4, -0.2) is 101 Å². The molecule has 1 unspecified atom stereocenters. The SMILES string of the molecule is Cn1cc2c3cc(C(=O)NCCOCCOCCNC(=O)CCCNc4cccc5c4CN(C4CCC(=O)NC4=O)C5=O)ccc3n(-c3ccc(C(F)(F)F)cc3)c2n1. The van der Waals surface area contributed by atoms with Crippen molar-refractivity contribution in [3.63, 3.8) is 0 Å². The third kappa shape index (κ3) is 9.23. The molecule has 2 aliphatic rings. The summed E-state index contributed by atoms with van der Waals surface area (Å²) in [4.78, 5) is 63.8. The van der Waals surface area contributed by atoms with Crippen LogP contribution in [0.3, 0.4) is 0 Å². The fraction of sp³-hybridized carbons (Fsp3) is 0.366. The average molecular weight is 817 g/mol. The number of benzene rings is 3. The van der Waals surface area contributed by atoms with Gasteiger partial charge in [-0.15, -0.1) is 0 Å². The maximum absolute atomic E-state index is 13.2. The average Bonchev–Trinajstić information content (AvgIpc) is 3.85. The van der Waals surface area contributed by atoms with Crippen LogP contribution in [0.25, 0.3) is 27.6 Å². The number of carbonyl (C=O) groups is 5. The van der Waals surface area contributed by atoms with E-state index in [1.54, 1.807) is 52.8 Å². The number of carbonyl (C=O) groups excluding carboxylic acids is 5. The topological polar surface area (TPSA) is 178 Å². The summed E-state index contributed by atoms with van der Waals surface area (Å²) in [5.74, 6) is -1.47. The van der Waals surface area contributed by atoms with E-state index in [1.165, 1.54) is 17.0 Å². The highest BCUT2D eigenvalue weighted by Gasteiger charge is 2.40. The molecule has 310 valence electrons. The van der Waals surface area contributed by atoms with Gasteiger partial charge in [-0.25, -0.2) is 0 Å². The van der Waals surface area contributed by atoms with Crippen molar-refractivity contribution in [2.24, 2.45) is 7.05 Å². The zero-order valence-electron chi connectivity index (χ0n) is 32.2. The van der Waals surface area contributed by atoms with Crippen molar-refractivity contribution < 1.29 is 46.6 Å². The van der Waals surface area contributed by atoms with Crippen LogP contribution in [0.5, 0.6) is 0 Å². The van der Waals surface area contributed by atoms with Gasteiger partial charge >= 0.3 is 6.18 Å². The van der Waals surface area contributed by atoms with Gasteiger partial charge in [0, 0.05) is 91.1 Å². The van der Waals surface area contributed by atoms with Gasteiger partial charge < -0.3 is 30.3 Å². The number of anilines is 1. The van der Waals surface area contributed by atoms with Gasteiger partial charge in [0.2, 0.25) is 17.7 Å². The van der Waals surface area contributed by atoms with E-state index in [0.29, 0.717) is 67.1 Å². The first kappa shape index (κ1) is 40.9. The molecule has 18 heteroatoms. The van der Waals surface area contributed by atoms with Crippen LogP contribution in [0.1, 0.15) is 57.5 Å². The molecule has 2 aliphatic heterocycles. The molecular weight excluding hydrogens is 773 g/mol. The van der Waals surface area contributed by atoms with Gasteiger partial charge in [0.15, 0.2) is 5.65 Å². The van der Waals surface area contributed by atoms with Crippen LogP contribution in [0.15, 0.2) is 66.9 Å². The van der Waals surface area contributed by atoms with Crippen molar-refractivity contribution >= 4 is 57.2 Å². The van der Waals surface area contributed by atoms with E-state index >= 15 is 0 Å². The first-order valence-electron chi connectivity index (χ1n) is 19.3. The third-order valence-electron chi connectivity index (χ3n) is 10.2. The number of rotatable bonds is 17. The lowest BCUT2D eigenvalue weighted by atomic mass is 10.0. The lowest BCUT2D eigenvalue weighted by Crippen LogP contribution is -2.52. The van der Waals surface area contributed by atoms with E-state index in [1.807, 2.05) is 6.07 Å². The molecule has 0 aliphatic carbocycles. The van der Waals surface area contributed by atoms with Gasteiger partial charge in [-0.05, 0) is 67.4 Å². The predicted molar refractivity (Wildman–Crippen MR) is 210 cm³/mol. The Morgan fingerprint density at radius 3 is 2.39 bits per heavy atom. The van der Waals surface area contributed by atoms with Crippen LogP contribution in [-0.2, 0) is 43.6 Å². The second kappa shape index (κ2) is 17.7. The zero-order valence-corrected chi connectivity index (χ0v) is 32.2. The monoisotopic (exact) mass is 816 g/mol. The predicted octanol–water partition coefficient (Wildman–Crippen LogP) is 4.07. The van der Waals surface area contributed by atoms with E-state index in [-0.39, 0.29) is 62.8 Å². The quantitative estimate of drug-likeness (QED) is 0.0796. The number of imide groups is 1. The molecule has 5 amide bonds. The molecule has 59 heavy (non-hydrogen) atoms. The van der Waals surface area contributed by atoms with Gasteiger partial charge in [-0.3, -0.25) is 38.5 Å². The van der Waals surface area contributed by atoms with Gasteiger partial charge in [-0.1, -0.05) is 6.07 Å². The molecule has 4 N–H and O–H groups in total. The molecule has 0 radical (unpaired) electrons. The fourth-order valence-electron chi connectivity index (χ4n) is 7.33. The van der Waals surface area contributed by atoms with Crippen molar-refractivity contribution in [1.82, 2.24) is 35.2 Å². The highest BCUT2D eigenvalue weighted by molar-refractivity contribution is 6.10. The Labute approximate surface area is 336 Å². The van der Waals surface area contributed by atoms with E-state index < -0.39 is 23.7 Å². The number of nitrogens with zero attached hydrogens (tertiary/aromatic N) is 4. The maximum Gasteiger partial charge on any atom is 0.416 e. The van der Waals surface area contributed by atoms with E-state index in [9.17, 15) is 37.1 Å². The fourth-order valence-corrected chi connectivity index (χ4v) is 7.33. The Kier molecular flexibility index (Phi) is 12.3. The Morgan fingerprint density at radius 1 is 0.915 bits per heavy atom. The third-order valence-corrected chi connectivity index (χ3v) is 10.2. The minimum atomic E-state index is -4.45. The standard InChI is InChI=1S/C41H43F3N8O7/c1-50-23-31-29-22-25(7-12-33(29)52(37(31)49-50)27-10-8-26(9-11-27)41(42,43)44)38(55)47-17-19-59-21-20-58-18-16-46-35(53)6-3-15-45-32-5-2-4-28-30(32)24-51(40(28)57)34-13-14-36(54)48-39(34)56/h2,4-5,7-12,22-23,34,45H,3,6,13-21,24H2,1H3,(H,46,53)(H,47,55)(H,48,54,56). The summed E-state index contributed by atoms with van der Waals surface area (Å²) < 4.78 is 54.0. The van der Waals surface area contributed by atoms with Crippen molar-refractivity contribution in [2.75, 3.05) is 51.4 Å². The molecule has 15 nitrogen and oxygen atoms in total. The number of fused-ring (bicyclic) bond motifs is 4. The van der Waals surface area contributed by atoms with E-state index in [4.69, 9.17) is 9.47 Å². The van der Waals surface area contributed by atoms with Crippen LogP contribution in [0.2, 0.25) is 0 Å². The molecule has 1 atom stereocenters. The normalized spacial score (nSPS) is 15.5. The lowest BCUT2D eigenvalue weighted by molar-refractivity contribution is -0.138. The van der Waals surface area contributed by atoms with E-state index in [2.05, 4.69) is 26.4 Å². The van der Waals surface area contributed by atoms with Crippen LogP contribution in [0.4, 0.5) is 18.9 Å². The summed E-state index contributed by atoms with van der Waals surface area (Å²) in [6.07, 6.45) is -1.33. The summed E-state index contributed by atoms with van der Waals surface area (Å²) >= 11 is 0. The van der Waals surface area contributed by atoms with Gasteiger partial charge in [0.25, 0.3) is 11.8 Å². The van der Waals surface area contributed by atoms with Gasteiger partial charge in [0.1, 0.15) is 6.04 Å². The van der Waals surface area contributed by atoms with Crippen molar-refractivity contribution in [3.05, 3.63) is 89.1 Å². The van der Waals surface area contributed by atoms with E-state index in [0.717, 1.165) is 34.2 Å². The smallest absolute Gasteiger partial charge is 0.385 e. The first-order chi connectivity index (χ1) is 28.4. The molecular formula is C41H43F3N8O7. The van der Waals surface area contributed by atoms with Crippen molar-refractivity contribution in [2.45, 2.75) is 44.4 Å². The minimum Gasteiger partial charge on any atom is -0.385 e. The molecule has 7 rings (SSSR count). The number of aryl methyl sites for hydroxylation is 1. The summed E-state index contributed by atoms with van der Waals surface area (Å²) in [6.45, 7) is 2.48. The van der Waals surface area contributed by atoms with Gasteiger partial charge in [-0.2, -0.15) is 18.3 Å². The molecule has 0 saturated carbocycles. The Hall–Kier alpha value is -6.27. The number of nitrogens with one attached hydrogen (secondary N) is 4. The van der Waals surface area contributed by atoms with Crippen LogP contribution < -0.4 is 21.3 Å². The molecule has 5 aromatic rings. The summed E-state index contributed by atoms with van der Waals surface area (Å²) in [6, 6.07) is 14.7. The molecule has 0 spiro atoms. The summed E-state index contributed by atoms with van der Waals surface area (Å²) in [5, 5.41) is 17.3. The minimum absolute atomic E-state index is 0.124.